The summed E-state index contributed by atoms with van der Waals surface area (Å²) in [5.74, 6) is 0.128. The molecule has 5 nitrogen and oxygen atoms in total. The van der Waals surface area contributed by atoms with E-state index >= 15 is 0 Å². The zero-order chi connectivity index (χ0) is 14.6. The van der Waals surface area contributed by atoms with Crippen LogP contribution in [0.5, 0.6) is 0 Å². The van der Waals surface area contributed by atoms with Crippen LogP contribution in [-0.4, -0.2) is 63.7 Å². The number of benzene rings is 1. The second-order valence-corrected chi connectivity index (χ2v) is 7.21. The van der Waals surface area contributed by atoms with Gasteiger partial charge < -0.3 is 4.90 Å². The van der Waals surface area contributed by atoms with Gasteiger partial charge in [0.1, 0.15) is 0 Å². The van der Waals surface area contributed by atoms with Crippen molar-refractivity contribution in [3.05, 3.63) is 29.8 Å². The first-order valence-corrected chi connectivity index (χ1v) is 8.30. The quantitative estimate of drug-likeness (QED) is 0.812. The van der Waals surface area contributed by atoms with E-state index in [1.807, 2.05) is 6.07 Å². The summed E-state index contributed by atoms with van der Waals surface area (Å²) in [6, 6.07) is 8.10. The smallest absolute Gasteiger partial charge is 0.179 e. The van der Waals surface area contributed by atoms with Crippen molar-refractivity contribution in [2.24, 2.45) is 0 Å². The molecule has 1 fully saturated rings. The molecule has 1 aliphatic rings. The predicted octanol–water partition coefficient (Wildman–Crippen LogP) is 0.579. The highest BCUT2D eigenvalue weighted by Gasteiger charge is 2.19. The summed E-state index contributed by atoms with van der Waals surface area (Å²) >= 11 is 0. The Morgan fingerprint density at radius 1 is 1.15 bits per heavy atom. The van der Waals surface area contributed by atoms with Gasteiger partial charge in [-0.1, -0.05) is 0 Å². The third-order valence-corrected chi connectivity index (χ3v) is 5.33. The van der Waals surface area contributed by atoms with Crippen LogP contribution in [0.1, 0.15) is 5.56 Å². The maximum atomic E-state index is 12.2. The van der Waals surface area contributed by atoms with Gasteiger partial charge in [-0.3, -0.25) is 4.90 Å². The maximum Gasteiger partial charge on any atom is 0.179 e. The van der Waals surface area contributed by atoms with Gasteiger partial charge in [-0.2, -0.15) is 5.26 Å². The third-order valence-electron chi connectivity index (χ3n) is 3.61. The molecule has 0 N–H and O–H groups in total. The molecular formula is C14H19N3O2S. The number of piperazine rings is 1. The summed E-state index contributed by atoms with van der Waals surface area (Å²) in [7, 11) is -1.19. The van der Waals surface area contributed by atoms with Crippen molar-refractivity contribution in [3.8, 4) is 6.07 Å². The lowest BCUT2D eigenvalue weighted by Gasteiger charge is -2.32. The third kappa shape index (κ3) is 3.79. The van der Waals surface area contributed by atoms with Crippen LogP contribution in [0.15, 0.2) is 29.2 Å². The monoisotopic (exact) mass is 293 g/mol. The number of nitrogens with zero attached hydrogens (tertiary/aromatic N) is 3. The Bertz CT molecular complexity index is 582. The van der Waals surface area contributed by atoms with Crippen LogP contribution >= 0.6 is 0 Å². The van der Waals surface area contributed by atoms with Gasteiger partial charge in [0.05, 0.1) is 22.3 Å². The van der Waals surface area contributed by atoms with Crippen LogP contribution in [0.4, 0.5) is 0 Å². The second kappa shape index (κ2) is 6.35. The molecule has 1 aromatic carbocycles. The van der Waals surface area contributed by atoms with Gasteiger partial charge >= 0.3 is 0 Å². The summed E-state index contributed by atoms with van der Waals surface area (Å²) in [5.41, 5.74) is 0.475. The van der Waals surface area contributed by atoms with E-state index in [0.717, 1.165) is 26.2 Å². The molecule has 0 aliphatic carbocycles. The second-order valence-electron chi connectivity index (χ2n) is 5.10. The molecule has 0 atom stereocenters. The lowest BCUT2D eigenvalue weighted by atomic mass is 10.2. The SMILES string of the molecule is CN1CCN(CCS(=O)(=O)c2ccc(C#N)cc2)CC1. The van der Waals surface area contributed by atoms with Crippen LogP contribution in [0, 0.1) is 11.3 Å². The Labute approximate surface area is 120 Å². The Hall–Kier alpha value is -1.42. The fourth-order valence-corrected chi connectivity index (χ4v) is 3.46. The van der Waals surface area contributed by atoms with Gasteiger partial charge in [-0.15, -0.1) is 0 Å². The van der Waals surface area contributed by atoms with E-state index in [4.69, 9.17) is 5.26 Å². The van der Waals surface area contributed by atoms with Gasteiger partial charge in [-0.25, -0.2) is 8.42 Å². The molecule has 108 valence electrons. The lowest BCUT2D eigenvalue weighted by molar-refractivity contribution is 0.161. The van der Waals surface area contributed by atoms with Crippen molar-refractivity contribution in [3.63, 3.8) is 0 Å². The minimum atomic E-state index is -3.26. The molecule has 0 amide bonds. The lowest BCUT2D eigenvalue weighted by Crippen LogP contribution is -2.45. The van der Waals surface area contributed by atoms with E-state index in [-0.39, 0.29) is 5.75 Å². The average molecular weight is 293 g/mol. The van der Waals surface area contributed by atoms with E-state index in [2.05, 4.69) is 16.8 Å². The van der Waals surface area contributed by atoms with Crippen molar-refractivity contribution in [2.75, 3.05) is 45.5 Å². The number of sulfone groups is 1. The van der Waals surface area contributed by atoms with Crippen molar-refractivity contribution < 1.29 is 8.42 Å². The minimum absolute atomic E-state index is 0.128. The Morgan fingerprint density at radius 2 is 1.75 bits per heavy atom. The van der Waals surface area contributed by atoms with Crippen LogP contribution in [0.25, 0.3) is 0 Å². The minimum Gasteiger partial charge on any atom is -0.304 e. The van der Waals surface area contributed by atoms with Crippen LogP contribution < -0.4 is 0 Å². The molecular weight excluding hydrogens is 274 g/mol. The summed E-state index contributed by atoms with van der Waals surface area (Å²) in [5, 5.41) is 8.72. The van der Waals surface area contributed by atoms with Crippen LogP contribution in [-0.2, 0) is 9.84 Å². The van der Waals surface area contributed by atoms with E-state index < -0.39 is 9.84 Å². The van der Waals surface area contributed by atoms with Crippen molar-refractivity contribution in [1.82, 2.24) is 9.80 Å². The molecule has 1 aliphatic heterocycles. The molecule has 20 heavy (non-hydrogen) atoms. The van der Waals surface area contributed by atoms with E-state index in [1.54, 1.807) is 12.1 Å². The molecule has 0 bridgehead atoms. The number of hydrogen-bond acceptors (Lipinski definition) is 5. The topological polar surface area (TPSA) is 64.4 Å². The van der Waals surface area contributed by atoms with E-state index in [9.17, 15) is 8.42 Å². The Kier molecular flexibility index (Phi) is 4.76. The fraction of sp³-hybridized carbons (Fsp3) is 0.500. The van der Waals surface area contributed by atoms with Gasteiger partial charge in [0.2, 0.25) is 0 Å². The summed E-state index contributed by atoms with van der Waals surface area (Å²) in [6.45, 7) is 4.36. The number of nitriles is 1. The normalized spacial score (nSPS) is 17.8. The maximum absolute atomic E-state index is 12.2. The predicted molar refractivity (Wildman–Crippen MR) is 77.1 cm³/mol. The molecule has 6 heteroatoms. The molecule has 0 spiro atoms. The zero-order valence-electron chi connectivity index (χ0n) is 11.6. The standard InChI is InChI=1S/C14H19N3O2S/c1-16-6-8-17(9-7-16)10-11-20(18,19)14-4-2-13(12-15)3-5-14/h2-5H,6-11H2,1H3. The van der Waals surface area contributed by atoms with Crippen LogP contribution in [0.3, 0.4) is 0 Å². The van der Waals surface area contributed by atoms with Crippen molar-refractivity contribution in [1.29, 1.82) is 5.26 Å². The Morgan fingerprint density at radius 3 is 2.30 bits per heavy atom. The van der Waals surface area contributed by atoms with Crippen molar-refractivity contribution >= 4 is 9.84 Å². The highest BCUT2D eigenvalue weighted by molar-refractivity contribution is 7.91. The summed E-state index contributed by atoms with van der Waals surface area (Å²) in [6.07, 6.45) is 0. The molecule has 1 heterocycles. The first-order chi connectivity index (χ1) is 9.51. The molecule has 0 saturated carbocycles. The first-order valence-electron chi connectivity index (χ1n) is 6.65. The van der Waals surface area contributed by atoms with Gasteiger partial charge in [0, 0.05) is 32.7 Å². The zero-order valence-corrected chi connectivity index (χ0v) is 12.4. The number of likely N-dealkylation sites (N-methyl/N-ethyl adjacent to an activating group) is 1. The average Bonchev–Trinajstić information content (AvgIpc) is 2.47. The Balaban J connectivity index is 1.95. The molecule has 0 aromatic heterocycles. The summed E-state index contributed by atoms with van der Waals surface area (Å²) in [4.78, 5) is 4.72. The largest absolute Gasteiger partial charge is 0.304 e. The molecule has 0 unspecified atom stereocenters. The first kappa shape index (κ1) is 15.0. The molecule has 1 aromatic rings. The molecule has 2 rings (SSSR count). The fourth-order valence-electron chi connectivity index (χ4n) is 2.18. The molecule has 0 radical (unpaired) electrons. The highest BCUT2D eigenvalue weighted by Crippen LogP contribution is 2.13. The van der Waals surface area contributed by atoms with E-state index in [0.29, 0.717) is 17.0 Å². The van der Waals surface area contributed by atoms with Crippen molar-refractivity contribution in [2.45, 2.75) is 4.90 Å². The number of hydrogen-bond donors (Lipinski definition) is 0. The van der Waals surface area contributed by atoms with Crippen LogP contribution in [0.2, 0.25) is 0 Å². The van der Waals surface area contributed by atoms with Gasteiger partial charge in [0.25, 0.3) is 0 Å². The van der Waals surface area contributed by atoms with E-state index in [1.165, 1.54) is 12.1 Å². The highest BCUT2D eigenvalue weighted by atomic mass is 32.2. The van der Waals surface area contributed by atoms with Gasteiger partial charge in [0.15, 0.2) is 9.84 Å². The summed E-state index contributed by atoms with van der Waals surface area (Å²) < 4.78 is 24.4. The molecule has 1 saturated heterocycles. The number of rotatable bonds is 4. The van der Waals surface area contributed by atoms with Gasteiger partial charge in [-0.05, 0) is 31.3 Å².